The Balaban J connectivity index is 1.65. The number of aryl methyl sites for hydroxylation is 1. The number of para-hydroxylation sites is 3. The van der Waals surface area contributed by atoms with Gasteiger partial charge in [0.25, 0.3) is 0 Å². The minimum absolute atomic E-state index is 0.0934. The van der Waals surface area contributed by atoms with Crippen LogP contribution in [0.2, 0.25) is 0 Å². The van der Waals surface area contributed by atoms with Crippen LogP contribution in [0.15, 0.2) is 48.5 Å². The van der Waals surface area contributed by atoms with E-state index in [1.165, 1.54) is 0 Å². The van der Waals surface area contributed by atoms with Crippen molar-refractivity contribution in [3.8, 4) is 5.75 Å². The quantitative estimate of drug-likeness (QED) is 0.785. The van der Waals surface area contributed by atoms with E-state index in [1.54, 1.807) is 17.9 Å². The lowest BCUT2D eigenvalue weighted by Crippen LogP contribution is -2.15. The van der Waals surface area contributed by atoms with Gasteiger partial charge in [-0.15, -0.1) is 5.10 Å². The van der Waals surface area contributed by atoms with Gasteiger partial charge < -0.3 is 10.1 Å². The number of hydrogen-bond acceptors (Lipinski definition) is 4. The van der Waals surface area contributed by atoms with Crippen LogP contribution < -0.4 is 10.1 Å². The van der Waals surface area contributed by atoms with Gasteiger partial charge in [0.2, 0.25) is 5.91 Å². The van der Waals surface area contributed by atoms with Gasteiger partial charge in [0, 0.05) is 6.42 Å². The highest BCUT2D eigenvalue weighted by Gasteiger charge is 2.09. The molecule has 1 N–H and O–H groups in total. The Hall–Kier alpha value is -2.89. The van der Waals surface area contributed by atoms with E-state index in [9.17, 15) is 4.79 Å². The van der Waals surface area contributed by atoms with Crippen molar-refractivity contribution in [2.24, 2.45) is 0 Å². The van der Waals surface area contributed by atoms with Gasteiger partial charge in [-0.05, 0) is 24.3 Å². The molecule has 6 heteroatoms. The van der Waals surface area contributed by atoms with Crippen molar-refractivity contribution in [1.29, 1.82) is 0 Å². The topological polar surface area (TPSA) is 69.0 Å². The zero-order valence-corrected chi connectivity index (χ0v) is 12.2. The molecule has 0 radical (unpaired) electrons. The second kappa shape index (κ2) is 6.26. The lowest BCUT2D eigenvalue weighted by molar-refractivity contribution is -0.116. The predicted molar refractivity (Wildman–Crippen MR) is 83.8 cm³/mol. The monoisotopic (exact) mass is 296 g/mol. The second-order valence-corrected chi connectivity index (χ2v) is 4.80. The molecule has 0 aliphatic heterocycles. The summed E-state index contributed by atoms with van der Waals surface area (Å²) in [5.74, 6) is 0.547. The van der Waals surface area contributed by atoms with Crippen molar-refractivity contribution >= 4 is 22.6 Å². The van der Waals surface area contributed by atoms with Crippen LogP contribution in [0.4, 0.5) is 5.69 Å². The maximum Gasteiger partial charge on any atom is 0.226 e. The molecule has 0 saturated carbocycles. The molecule has 1 amide bonds. The predicted octanol–water partition coefficient (Wildman–Crippen LogP) is 2.47. The highest BCUT2D eigenvalue weighted by Crippen LogP contribution is 2.23. The van der Waals surface area contributed by atoms with E-state index < -0.39 is 0 Å². The number of hydrogen-bond donors (Lipinski definition) is 1. The second-order valence-electron chi connectivity index (χ2n) is 4.80. The average molecular weight is 296 g/mol. The molecule has 0 aliphatic carbocycles. The molecule has 112 valence electrons. The summed E-state index contributed by atoms with van der Waals surface area (Å²) in [6, 6.07) is 15.0. The number of carbonyl (C=O) groups excluding carboxylic acids is 1. The first-order valence-corrected chi connectivity index (χ1v) is 6.99. The van der Waals surface area contributed by atoms with Crippen molar-refractivity contribution in [2.45, 2.75) is 13.0 Å². The summed E-state index contributed by atoms with van der Waals surface area (Å²) < 4.78 is 6.95. The minimum Gasteiger partial charge on any atom is -0.495 e. The first kappa shape index (κ1) is 14.1. The summed E-state index contributed by atoms with van der Waals surface area (Å²) in [7, 11) is 1.58. The fourth-order valence-electron chi connectivity index (χ4n) is 2.25. The Labute approximate surface area is 127 Å². The molecule has 22 heavy (non-hydrogen) atoms. The highest BCUT2D eigenvalue weighted by atomic mass is 16.5. The van der Waals surface area contributed by atoms with E-state index in [4.69, 9.17) is 4.74 Å². The summed E-state index contributed by atoms with van der Waals surface area (Å²) in [5, 5.41) is 11.0. The molecular formula is C16H16N4O2. The number of nitrogens with zero attached hydrogens (tertiary/aromatic N) is 3. The molecule has 6 nitrogen and oxygen atoms in total. The molecule has 3 aromatic rings. The molecule has 0 unspecified atom stereocenters. The van der Waals surface area contributed by atoms with Gasteiger partial charge in [0.1, 0.15) is 11.3 Å². The fraction of sp³-hybridized carbons (Fsp3) is 0.188. The number of rotatable bonds is 5. The Morgan fingerprint density at radius 1 is 1.18 bits per heavy atom. The molecule has 0 atom stereocenters. The Morgan fingerprint density at radius 2 is 1.95 bits per heavy atom. The van der Waals surface area contributed by atoms with Gasteiger partial charge in [0.15, 0.2) is 0 Å². The van der Waals surface area contributed by atoms with Crippen molar-refractivity contribution in [2.75, 3.05) is 12.4 Å². The van der Waals surface area contributed by atoms with Crippen LogP contribution in [0.25, 0.3) is 11.0 Å². The lowest BCUT2D eigenvalue weighted by atomic mass is 10.2. The van der Waals surface area contributed by atoms with E-state index >= 15 is 0 Å². The van der Waals surface area contributed by atoms with Crippen LogP contribution in [0.5, 0.6) is 5.75 Å². The number of anilines is 1. The number of aromatic nitrogens is 3. The Kier molecular flexibility index (Phi) is 4.00. The minimum atomic E-state index is -0.0934. The van der Waals surface area contributed by atoms with Crippen molar-refractivity contribution in [3.05, 3.63) is 48.5 Å². The number of methoxy groups -OCH3 is 1. The van der Waals surface area contributed by atoms with Gasteiger partial charge in [-0.25, -0.2) is 4.68 Å². The van der Waals surface area contributed by atoms with E-state index in [-0.39, 0.29) is 5.91 Å². The lowest BCUT2D eigenvalue weighted by Gasteiger charge is -2.09. The first-order chi connectivity index (χ1) is 10.8. The summed E-state index contributed by atoms with van der Waals surface area (Å²) >= 11 is 0. The van der Waals surface area contributed by atoms with Gasteiger partial charge in [-0.2, -0.15) is 0 Å². The first-order valence-electron chi connectivity index (χ1n) is 6.99. The SMILES string of the molecule is COc1ccccc1NC(=O)CCn1nnc2ccccc21. The summed E-state index contributed by atoms with van der Waals surface area (Å²) in [6.07, 6.45) is 0.311. The third-order valence-corrected chi connectivity index (χ3v) is 3.35. The highest BCUT2D eigenvalue weighted by molar-refractivity contribution is 5.92. The molecular weight excluding hydrogens is 280 g/mol. The standard InChI is InChI=1S/C16H16N4O2/c1-22-15-9-5-3-7-13(15)17-16(21)10-11-20-14-8-4-2-6-12(14)18-19-20/h2-9H,10-11H2,1H3,(H,17,21). The van der Waals surface area contributed by atoms with Crippen LogP contribution in [-0.2, 0) is 11.3 Å². The van der Waals surface area contributed by atoms with Crippen molar-refractivity contribution in [1.82, 2.24) is 15.0 Å². The zero-order chi connectivity index (χ0) is 15.4. The number of fused-ring (bicyclic) bond motifs is 1. The number of ether oxygens (including phenoxy) is 1. The molecule has 3 rings (SSSR count). The number of benzene rings is 2. The van der Waals surface area contributed by atoms with Crippen LogP contribution in [0, 0.1) is 0 Å². The fourth-order valence-corrected chi connectivity index (χ4v) is 2.25. The van der Waals surface area contributed by atoms with E-state index in [1.807, 2.05) is 42.5 Å². The van der Waals surface area contributed by atoms with Crippen LogP contribution >= 0.6 is 0 Å². The van der Waals surface area contributed by atoms with Gasteiger partial charge in [0.05, 0.1) is 24.9 Å². The smallest absolute Gasteiger partial charge is 0.226 e. The molecule has 0 bridgehead atoms. The maximum atomic E-state index is 12.1. The third kappa shape index (κ3) is 2.90. The number of amides is 1. The molecule has 0 spiro atoms. The summed E-state index contributed by atoms with van der Waals surface area (Å²) in [4.78, 5) is 12.1. The molecule has 0 fully saturated rings. The van der Waals surface area contributed by atoms with Crippen molar-refractivity contribution < 1.29 is 9.53 Å². The summed E-state index contributed by atoms with van der Waals surface area (Å²) in [5.41, 5.74) is 2.42. The Bertz CT molecular complexity index is 797. The van der Waals surface area contributed by atoms with E-state index in [2.05, 4.69) is 15.6 Å². The zero-order valence-electron chi connectivity index (χ0n) is 12.2. The molecule has 0 saturated heterocycles. The van der Waals surface area contributed by atoms with E-state index in [0.29, 0.717) is 24.4 Å². The maximum absolute atomic E-state index is 12.1. The van der Waals surface area contributed by atoms with E-state index in [0.717, 1.165) is 11.0 Å². The van der Waals surface area contributed by atoms with Crippen molar-refractivity contribution in [3.63, 3.8) is 0 Å². The van der Waals surface area contributed by atoms with Crippen LogP contribution in [0.3, 0.4) is 0 Å². The molecule has 0 aliphatic rings. The van der Waals surface area contributed by atoms with Gasteiger partial charge in [-0.3, -0.25) is 4.79 Å². The largest absolute Gasteiger partial charge is 0.495 e. The van der Waals surface area contributed by atoms with Crippen LogP contribution in [-0.4, -0.2) is 28.0 Å². The average Bonchev–Trinajstić information content (AvgIpc) is 2.97. The Morgan fingerprint density at radius 3 is 2.82 bits per heavy atom. The van der Waals surface area contributed by atoms with Crippen LogP contribution in [0.1, 0.15) is 6.42 Å². The number of nitrogens with one attached hydrogen (secondary N) is 1. The molecule has 2 aromatic carbocycles. The van der Waals surface area contributed by atoms with Gasteiger partial charge in [-0.1, -0.05) is 29.5 Å². The molecule has 1 heterocycles. The summed E-state index contributed by atoms with van der Waals surface area (Å²) in [6.45, 7) is 0.474. The third-order valence-electron chi connectivity index (χ3n) is 3.35. The number of carbonyl (C=O) groups is 1. The van der Waals surface area contributed by atoms with Gasteiger partial charge >= 0.3 is 0 Å². The molecule has 1 aromatic heterocycles. The normalized spacial score (nSPS) is 10.6.